The number of rotatable bonds is 11. The van der Waals surface area contributed by atoms with Crippen molar-refractivity contribution in [3.63, 3.8) is 0 Å². The van der Waals surface area contributed by atoms with E-state index in [4.69, 9.17) is 19.1 Å². The van der Waals surface area contributed by atoms with Crippen molar-refractivity contribution in [3.05, 3.63) is 12.2 Å². The van der Waals surface area contributed by atoms with Gasteiger partial charge in [-0.15, -0.1) is 0 Å². The third kappa shape index (κ3) is 13.5. The Labute approximate surface area is 116 Å². The van der Waals surface area contributed by atoms with Gasteiger partial charge in [0.25, 0.3) is 0 Å². The van der Waals surface area contributed by atoms with Crippen LogP contribution >= 0.6 is 0 Å². The number of unbranched alkanes of at least 4 members (excludes halogenated alkanes) is 6. The molecule has 0 atom stereocenters. The third-order valence-corrected chi connectivity index (χ3v) is 3.76. The number of hydrogen-bond donors (Lipinski definition) is 3. The van der Waals surface area contributed by atoms with Crippen molar-refractivity contribution < 1.29 is 23.9 Å². The Morgan fingerprint density at radius 3 is 1.95 bits per heavy atom. The van der Waals surface area contributed by atoms with Gasteiger partial charge in [0.15, 0.2) is 0 Å². The van der Waals surface area contributed by atoms with Crippen LogP contribution in [0.1, 0.15) is 51.9 Å². The second-order valence-corrected chi connectivity index (χ2v) is 6.96. The summed E-state index contributed by atoms with van der Waals surface area (Å²) < 4.78 is 4.97. The normalized spacial score (nSPS) is 11.4. The molecule has 5 nitrogen and oxygen atoms in total. The molecule has 112 valence electrons. The number of esters is 1. The van der Waals surface area contributed by atoms with Crippen LogP contribution in [0.3, 0.4) is 0 Å². The summed E-state index contributed by atoms with van der Waals surface area (Å²) in [5.41, 5.74) is 0.427. The van der Waals surface area contributed by atoms with Crippen molar-refractivity contribution in [2.45, 2.75) is 57.9 Å². The molecule has 19 heavy (non-hydrogen) atoms. The van der Waals surface area contributed by atoms with E-state index in [0.717, 1.165) is 38.5 Å². The van der Waals surface area contributed by atoms with Gasteiger partial charge in [-0.1, -0.05) is 38.7 Å². The van der Waals surface area contributed by atoms with Crippen LogP contribution in [0, 0.1) is 0 Å². The van der Waals surface area contributed by atoms with Gasteiger partial charge in [-0.25, -0.2) is 4.79 Å². The maximum absolute atomic E-state index is 11.1. The molecule has 0 aromatic carbocycles. The molecule has 0 aliphatic rings. The van der Waals surface area contributed by atoms with Crippen molar-refractivity contribution >= 4 is 14.8 Å². The van der Waals surface area contributed by atoms with Crippen LogP contribution in [-0.2, 0) is 9.53 Å². The molecule has 0 aromatic rings. The molecule has 6 heteroatoms. The molecule has 0 fully saturated rings. The summed E-state index contributed by atoms with van der Waals surface area (Å²) in [5.74, 6) is -0.329. The predicted molar refractivity (Wildman–Crippen MR) is 75.3 cm³/mol. The fraction of sp³-hybridized carbons (Fsp3) is 0.769. The van der Waals surface area contributed by atoms with E-state index >= 15 is 0 Å². The highest BCUT2D eigenvalue weighted by Gasteiger charge is 2.25. The van der Waals surface area contributed by atoms with Crippen molar-refractivity contribution in [1.82, 2.24) is 0 Å². The van der Waals surface area contributed by atoms with Crippen molar-refractivity contribution in [3.8, 4) is 0 Å². The second-order valence-electron chi connectivity index (χ2n) is 4.92. The summed E-state index contributed by atoms with van der Waals surface area (Å²) in [6, 6.07) is 0.129. The summed E-state index contributed by atoms with van der Waals surface area (Å²) in [6.07, 6.45) is 6.61. The first-order chi connectivity index (χ1) is 8.83. The van der Waals surface area contributed by atoms with Crippen molar-refractivity contribution in [1.29, 1.82) is 0 Å². The van der Waals surface area contributed by atoms with E-state index in [-0.39, 0.29) is 12.0 Å². The Bertz CT molecular complexity index is 273. The smallest absolute Gasteiger partial charge is 0.462 e. The summed E-state index contributed by atoms with van der Waals surface area (Å²) >= 11 is 0. The van der Waals surface area contributed by atoms with Crippen LogP contribution in [0.4, 0.5) is 0 Å². The van der Waals surface area contributed by atoms with Gasteiger partial charge in [0.2, 0.25) is 0 Å². The van der Waals surface area contributed by atoms with Gasteiger partial charge in [-0.2, -0.15) is 0 Å². The molecular formula is C13H26O5Si. The maximum Gasteiger partial charge on any atom is 0.492 e. The highest BCUT2D eigenvalue weighted by molar-refractivity contribution is 6.56. The molecule has 0 saturated heterocycles. The third-order valence-electron chi connectivity index (χ3n) is 2.74. The van der Waals surface area contributed by atoms with E-state index in [0.29, 0.717) is 18.6 Å². The average Bonchev–Trinajstić information content (AvgIpc) is 2.29. The first-order valence-corrected chi connectivity index (χ1v) is 8.87. The van der Waals surface area contributed by atoms with Crippen LogP contribution in [0.2, 0.25) is 6.04 Å². The number of ether oxygens (including phenoxy) is 1. The highest BCUT2D eigenvalue weighted by Crippen LogP contribution is 2.11. The molecule has 0 aliphatic heterocycles. The quantitative estimate of drug-likeness (QED) is 0.233. The SMILES string of the molecule is C=C(C)C(=O)OCCCCCCCCC[Si](O)(O)O. The Morgan fingerprint density at radius 2 is 1.47 bits per heavy atom. The fourth-order valence-corrected chi connectivity index (χ4v) is 2.36. The van der Waals surface area contributed by atoms with E-state index < -0.39 is 8.80 Å². The Balaban J connectivity index is 3.20. The lowest BCUT2D eigenvalue weighted by molar-refractivity contribution is -0.139. The predicted octanol–water partition coefficient (Wildman–Crippen LogP) is 1.75. The molecule has 0 spiro atoms. The van der Waals surface area contributed by atoms with E-state index in [1.54, 1.807) is 6.92 Å². The molecule has 3 N–H and O–H groups in total. The van der Waals surface area contributed by atoms with Gasteiger partial charge in [0, 0.05) is 11.6 Å². The highest BCUT2D eigenvalue weighted by atomic mass is 28.4. The molecular weight excluding hydrogens is 264 g/mol. The molecule has 0 radical (unpaired) electrons. The van der Waals surface area contributed by atoms with Gasteiger partial charge >= 0.3 is 14.8 Å². The van der Waals surface area contributed by atoms with Gasteiger partial charge < -0.3 is 19.1 Å². The Hall–Kier alpha value is -0.693. The lowest BCUT2D eigenvalue weighted by Crippen LogP contribution is -2.33. The topological polar surface area (TPSA) is 87.0 Å². The second kappa shape index (κ2) is 10.1. The monoisotopic (exact) mass is 290 g/mol. The molecule has 0 unspecified atom stereocenters. The van der Waals surface area contributed by atoms with Crippen LogP contribution in [-0.4, -0.2) is 35.8 Å². The molecule has 0 aliphatic carbocycles. The zero-order chi connectivity index (χ0) is 14.7. The van der Waals surface area contributed by atoms with E-state index in [2.05, 4.69) is 6.58 Å². The van der Waals surface area contributed by atoms with E-state index in [1.165, 1.54) is 0 Å². The van der Waals surface area contributed by atoms with Crippen LogP contribution in [0.25, 0.3) is 0 Å². The van der Waals surface area contributed by atoms with Crippen molar-refractivity contribution in [2.75, 3.05) is 6.61 Å². The fourth-order valence-electron chi connectivity index (χ4n) is 1.64. The maximum atomic E-state index is 11.1. The minimum Gasteiger partial charge on any atom is -0.462 e. The molecule has 0 aromatic heterocycles. The molecule has 0 rings (SSSR count). The Morgan fingerprint density at radius 1 is 1.00 bits per heavy atom. The minimum atomic E-state index is -3.82. The van der Waals surface area contributed by atoms with Gasteiger partial charge in [-0.3, -0.25) is 0 Å². The zero-order valence-electron chi connectivity index (χ0n) is 11.7. The summed E-state index contributed by atoms with van der Waals surface area (Å²) in [4.78, 5) is 37.5. The van der Waals surface area contributed by atoms with Crippen LogP contribution in [0.5, 0.6) is 0 Å². The first kappa shape index (κ1) is 18.3. The van der Waals surface area contributed by atoms with E-state index in [9.17, 15) is 4.79 Å². The zero-order valence-corrected chi connectivity index (χ0v) is 12.7. The largest absolute Gasteiger partial charge is 0.492 e. The van der Waals surface area contributed by atoms with Gasteiger partial charge in [0.1, 0.15) is 0 Å². The minimum absolute atomic E-state index is 0.129. The molecule has 0 bridgehead atoms. The van der Waals surface area contributed by atoms with Crippen LogP contribution < -0.4 is 0 Å². The van der Waals surface area contributed by atoms with E-state index in [1.807, 2.05) is 0 Å². The average molecular weight is 290 g/mol. The van der Waals surface area contributed by atoms with Crippen molar-refractivity contribution in [2.24, 2.45) is 0 Å². The van der Waals surface area contributed by atoms with Crippen LogP contribution in [0.15, 0.2) is 12.2 Å². The summed E-state index contributed by atoms with van der Waals surface area (Å²) in [7, 11) is -3.82. The Kier molecular flexibility index (Phi) is 9.77. The summed E-state index contributed by atoms with van der Waals surface area (Å²) in [5, 5.41) is 0. The summed E-state index contributed by atoms with van der Waals surface area (Å²) in [6.45, 7) is 5.58. The molecule has 0 heterocycles. The number of carbonyl (C=O) groups excluding carboxylic acids is 1. The number of carbonyl (C=O) groups is 1. The lowest BCUT2D eigenvalue weighted by atomic mass is 10.1. The van der Waals surface area contributed by atoms with Gasteiger partial charge in [0.05, 0.1) is 6.61 Å². The van der Waals surface area contributed by atoms with Gasteiger partial charge in [-0.05, 0) is 19.8 Å². The lowest BCUT2D eigenvalue weighted by Gasteiger charge is -2.08. The molecule has 0 amide bonds. The first-order valence-electron chi connectivity index (χ1n) is 6.82. The number of hydrogen-bond acceptors (Lipinski definition) is 5. The standard InChI is InChI=1S/C13H26O5Si/c1-12(2)13(14)18-10-8-6-4-3-5-7-9-11-19(15,16)17/h15-17H,1,3-11H2,2H3. The molecule has 0 saturated carbocycles.